The molecule has 0 atom stereocenters. The Morgan fingerprint density at radius 3 is 1.92 bits per heavy atom. The number of hydrogen-bond acceptors (Lipinski definition) is 0. The Hall–Kier alpha value is -4.16. The number of benzene rings is 6. The summed E-state index contributed by atoms with van der Waals surface area (Å²) in [5.74, 6) is 0. The van der Waals surface area contributed by atoms with E-state index in [1.54, 1.807) is 0 Å². The second-order valence-electron chi connectivity index (χ2n) is 11.3. The quantitative estimate of drug-likeness (QED) is 0.235. The van der Waals surface area contributed by atoms with Gasteiger partial charge >= 0.3 is 0 Å². The van der Waals surface area contributed by atoms with Crippen LogP contribution in [0.2, 0.25) is 0 Å². The minimum Gasteiger partial charge on any atom is -0.0616 e. The van der Waals surface area contributed by atoms with Crippen LogP contribution in [0.25, 0.3) is 54.9 Å². The molecule has 176 valence electrons. The van der Waals surface area contributed by atoms with Gasteiger partial charge in [0, 0.05) is 5.41 Å². The van der Waals surface area contributed by atoms with Gasteiger partial charge in [0.25, 0.3) is 0 Å². The van der Waals surface area contributed by atoms with Crippen LogP contribution >= 0.6 is 0 Å². The summed E-state index contributed by atoms with van der Waals surface area (Å²) < 4.78 is 0. The summed E-state index contributed by atoms with van der Waals surface area (Å²) in [4.78, 5) is 0. The van der Waals surface area contributed by atoms with Crippen molar-refractivity contribution in [2.24, 2.45) is 0 Å². The maximum Gasteiger partial charge on any atom is 0.0159 e. The van der Waals surface area contributed by atoms with E-state index in [0.717, 1.165) is 0 Å². The monoisotopic (exact) mass is 472 g/mol. The molecular weight excluding hydrogens is 444 g/mol. The number of rotatable bonds is 2. The molecule has 0 spiro atoms. The second kappa shape index (κ2) is 7.43. The van der Waals surface area contributed by atoms with Crippen molar-refractivity contribution in [3.63, 3.8) is 0 Å². The zero-order valence-corrected chi connectivity index (χ0v) is 21.3. The van der Waals surface area contributed by atoms with Crippen LogP contribution in [0, 0.1) is 0 Å². The van der Waals surface area contributed by atoms with Crippen molar-refractivity contribution in [3.8, 4) is 33.4 Å². The van der Waals surface area contributed by atoms with Gasteiger partial charge in [-0.1, -0.05) is 105 Å². The van der Waals surface area contributed by atoms with Gasteiger partial charge in [0.1, 0.15) is 0 Å². The van der Waals surface area contributed by atoms with Gasteiger partial charge in [0.2, 0.25) is 0 Å². The van der Waals surface area contributed by atoms with Gasteiger partial charge < -0.3 is 0 Å². The third-order valence-corrected chi connectivity index (χ3v) is 8.95. The van der Waals surface area contributed by atoms with Gasteiger partial charge in [-0.05, 0) is 108 Å². The molecule has 6 aromatic rings. The van der Waals surface area contributed by atoms with Gasteiger partial charge in [-0.2, -0.15) is 0 Å². The maximum atomic E-state index is 2.46. The highest BCUT2D eigenvalue weighted by Gasteiger charge is 2.36. The molecule has 0 amide bonds. The average molecular weight is 473 g/mol. The van der Waals surface area contributed by atoms with Gasteiger partial charge in [-0.3, -0.25) is 0 Å². The molecule has 37 heavy (non-hydrogen) atoms. The number of hydrogen-bond donors (Lipinski definition) is 0. The van der Waals surface area contributed by atoms with Crippen LogP contribution in [-0.4, -0.2) is 0 Å². The van der Waals surface area contributed by atoms with Gasteiger partial charge in [0.15, 0.2) is 0 Å². The average Bonchev–Trinajstić information content (AvgIpc) is 3.46. The first-order valence-electron chi connectivity index (χ1n) is 13.4. The molecule has 0 aliphatic heterocycles. The van der Waals surface area contributed by atoms with E-state index in [1.165, 1.54) is 90.0 Å². The zero-order chi connectivity index (χ0) is 24.7. The number of aryl methyl sites for hydroxylation is 2. The summed E-state index contributed by atoms with van der Waals surface area (Å²) in [5, 5.41) is 5.47. The minimum absolute atomic E-state index is 0.0532. The van der Waals surface area contributed by atoms with Crippen LogP contribution in [0.4, 0.5) is 0 Å². The normalized spacial score (nSPS) is 14.8. The topological polar surface area (TPSA) is 0 Å². The van der Waals surface area contributed by atoms with E-state index in [9.17, 15) is 0 Å². The Balaban J connectivity index is 1.25. The molecule has 0 heteroatoms. The lowest BCUT2D eigenvalue weighted by atomic mass is 9.80. The van der Waals surface area contributed by atoms with Crippen LogP contribution < -0.4 is 0 Å². The van der Waals surface area contributed by atoms with E-state index in [0.29, 0.717) is 0 Å². The lowest BCUT2D eigenvalue weighted by molar-refractivity contribution is 0.661. The Kier molecular flexibility index (Phi) is 4.21. The van der Waals surface area contributed by atoms with Crippen molar-refractivity contribution in [2.75, 3.05) is 0 Å². The molecule has 0 saturated heterocycles. The van der Waals surface area contributed by atoms with Crippen molar-refractivity contribution < 1.29 is 0 Å². The van der Waals surface area contributed by atoms with E-state index in [2.05, 4.69) is 123 Å². The molecule has 2 aliphatic rings. The lowest BCUT2D eigenvalue weighted by Crippen LogP contribution is -2.15. The molecule has 0 heterocycles. The molecule has 0 radical (unpaired) electrons. The third-order valence-electron chi connectivity index (χ3n) is 8.95. The SMILES string of the molecule is CC1(C)c2cc(-c3ccc4ccccc4c3)ccc2-c2ccc(-c3ccc4c5c(cccc35)CC4)cc21. The van der Waals surface area contributed by atoms with Crippen LogP contribution in [0.15, 0.2) is 109 Å². The van der Waals surface area contributed by atoms with Crippen molar-refractivity contribution in [1.29, 1.82) is 0 Å². The zero-order valence-electron chi connectivity index (χ0n) is 21.3. The van der Waals surface area contributed by atoms with E-state index >= 15 is 0 Å². The summed E-state index contributed by atoms with van der Waals surface area (Å²) in [6.07, 6.45) is 2.34. The van der Waals surface area contributed by atoms with Crippen LogP contribution in [0.1, 0.15) is 36.1 Å². The van der Waals surface area contributed by atoms with E-state index < -0.39 is 0 Å². The van der Waals surface area contributed by atoms with Gasteiger partial charge in [-0.15, -0.1) is 0 Å². The molecule has 2 aliphatic carbocycles. The second-order valence-corrected chi connectivity index (χ2v) is 11.3. The fraction of sp³-hybridized carbons (Fsp3) is 0.135. The lowest BCUT2D eigenvalue weighted by Gasteiger charge is -2.23. The smallest absolute Gasteiger partial charge is 0.0159 e. The minimum atomic E-state index is -0.0532. The Morgan fingerprint density at radius 2 is 1.11 bits per heavy atom. The number of fused-ring (bicyclic) bond motifs is 4. The van der Waals surface area contributed by atoms with Gasteiger partial charge in [-0.25, -0.2) is 0 Å². The standard InChI is InChI=1S/C37H28/c1-37(2)34-21-28(27-13-10-23-6-3-4-7-26(23)20-27)15-18-31(34)32-19-16-29(22-35(32)37)30-17-14-25-12-11-24-8-5-9-33(30)36(24)25/h3-10,13-22H,11-12H2,1-2H3. The highest BCUT2D eigenvalue weighted by Crippen LogP contribution is 2.51. The molecule has 0 saturated carbocycles. The Morgan fingerprint density at radius 1 is 0.486 bits per heavy atom. The summed E-state index contributed by atoms with van der Waals surface area (Å²) in [6, 6.07) is 41.2. The summed E-state index contributed by atoms with van der Waals surface area (Å²) >= 11 is 0. The first-order chi connectivity index (χ1) is 18.1. The summed E-state index contributed by atoms with van der Waals surface area (Å²) in [5.41, 5.74) is 13.8. The van der Waals surface area contributed by atoms with Crippen molar-refractivity contribution in [1.82, 2.24) is 0 Å². The summed E-state index contributed by atoms with van der Waals surface area (Å²) in [6.45, 7) is 4.78. The largest absolute Gasteiger partial charge is 0.0616 e. The maximum absolute atomic E-state index is 2.46. The van der Waals surface area contributed by atoms with Crippen LogP contribution in [-0.2, 0) is 18.3 Å². The fourth-order valence-corrected chi connectivity index (χ4v) is 6.95. The molecule has 0 N–H and O–H groups in total. The predicted octanol–water partition coefficient (Wildman–Crippen LogP) is 9.73. The molecule has 0 unspecified atom stereocenters. The molecule has 0 fully saturated rings. The van der Waals surface area contributed by atoms with E-state index in [-0.39, 0.29) is 5.41 Å². The van der Waals surface area contributed by atoms with E-state index in [1.807, 2.05) is 0 Å². The molecule has 0 bridgehead atoms. The van der Waals surface area contributed by atoms with Crippen molar-refractivity contribution >= 4 is 21.5 Å². The first-order valence-corrected chi connectivity index (χ1v) is 13.4. The molecule has 8 rings (SSSR count). The fourth-order valence-electron chi connectivity index (χ4n) is 6.95. The first kappa shape index (κ1) is 21.0. The highest BCUT2D eigenvalue weighted by molar-refractivity contribution is 6.02. The van der Waals surface area contributed by atoms with Crippen LogP contribution in [0.5, 0.6) is 0 Å². The summed E-state index contributed by atoms with van der Waals surface area (Å²) in [7, 11) is 0. The van der Waals surface area contributed by atoms with E-state index in [4.69, 9.17) is 0 Å². The molecule has 0 aromatic heterocycles. The highest BCUT2D eigenvalue weighted by atomic mass is 14.4. The Labute approximate surface area is 218 Å². The molecule has 6 aromatic carbocycles. The van der Waals surface area contributed by atoms with Crippen molar-refractivity contribution in [3.05, 3.63) is 131 Å². The Bertz CT molecular complexity index is 1890. The predicted molar refractivity (Wildman–Crippen MR) is 157 cm³/mol. The molecule has 0 nitrogen and oxygen atoms in total. The van der Waals surface area contributed by atoms with Crippen molar-refractivity contribution in [2.45, 2.75) is 32.1 Å². The third kappa shape index (κ3) is 2.96. The van der Waals surface area contributed by atoms with Gasteiger partial charge in [0.05, 0.1) is 0 Å². The molecular formula is C37H28. The van der Waals surface area contributed by atoms with Crippen LogP contribution in [0.3, 0.4) is 0 Å².